The molecule has 0 aliphatic heterocycles. The molecule has 0 amide bonds. The first kappa shape index (κ1) is 19.5. The van der Waals surface area contributed by atoms with Crippen molar-refractivity contribution in [2.24, 2.45) is 0 Å². The van der Waals surface area contributed by atoms with Crippen LogP contribution >= 0.6 is 15.9 Å². The van der Waals surface area contributed by atoms with Crippen LogP contribution in [0, 0.1) is 0 Å². The lowest BCUT2D eigenvalue weighted by atomic mass is 10.1. The molecule has 22 heavy (non-hydrogen) atoms. The molecule has 0 heterocycles. The normalized spacial score (nSPS) is 11.4. The third-order valence-corrected chi connectivity index (χ3v) is 4.90. The van der Waals surface area contributed by atoms with Crippen molar-refractivity contribution in [1.82, 2.24) is 0 Å². The molecular weight excluding hydrogens is 332 g/mol. The summed E-state index contributed by atoms with van der Waals surface area (Å²) in [6, 6.07) is 8.40. The molecule has 0 spiro atoms. The fourth-order valence-electron chi connectivity index (χ4n) is 2.75. The Balaban J connectivity index is 1.89. The Hall–Kier alpha value is -0.560. The summed E-state index contributed by atoms with van der Waals surface area (Å²) in [6.45, 7) is 2.29. The molecule has 1 rings (SSSR count). The summed E-state index contributed by atoms with van der Waals surface area (Å²) in [5.74, 6) is 0. The number of unbranched alkanes of at least 4 members (excludes halogenated alkanes) is 11. The molecule has 0 nitrogen and oxygen atoms in total. The summed E-state index contributed by atoms with van der Waals surface area (Å²) >= 11 is 3.58. The second kappa shape index (κ2) is 14.1. The number of hydrogen-bond acceptors (Lipinski definition) is 0. The van der Waals surface area contributed by atoms with Gasteiger partial charge in [0.15, 0.2) is 0 Å². The Morgan fingerprint density at radius 2 is 1.32 bits per heavy atom. The molecule has 0 saturated heterocycles. The van der Waals surface area contributed by atoms with Gasteiger partial charge in [-0.25, -0.2) is 0 Å². The van der Waals surface area contributed by atoms with Crippen molar-refractivity contribution in [1.29, 1.82) is 0 Å². The number of benzene rings is 1. The molecule has 0 aliphatic rings. The second-order valence-electron chi connectivity index (χ2n) is 6.25. The summed E-state index contributed by atoms with van der Waals surface area (Å²) in [5, 5.41) is 0. The van der Waals surface area contributed by atoms with E-state index in [9.17, 15) is 0 Å². The number of rotatable bonds is 13. The van der Waals surface area contributed by atoms with Crippen LogP contribution in [0.3, 0.4) is 0 Å². The van der Waals surface area contributed by atoms with Crippen molar-refractivity contribution in [3.63, 3.8) is 0 Å². The first-order valence-electron chi connectivity index (χ1n) is 9.25. The van der Waals surface area contributed by atoms with Crippen LogP contribution in [0.25, 0.3) is 6.08 Å². The topological polar surface area (TPSA) is 0 Å². The molecule has 1 heteroatoms. The fourth-order valence-corrected chi connectivity index (χ4v) is 3.16. The molecule has 1 aromatic rings. The molecule has 0 aromatic heterocycles. The van der Waals surface area contributed by atoms with Crippen molar-refractivity contribution in [2.75, 3.05) is 0 Å². The maximum atomic E-state index is 3.58. The van der Waals surface area contributed by atoms with Crippen molar-refractivity contribution in [3.8, 4) is 0 Å². The minimum Gasteiger partial charge on any atom is -0.0839 e. The molecule has 0 N–H and O–H groups in total. The van der Waals surface area contributed by atoms with Crippen LogP contribution in [-0.4, -0.2) is 0 Å². The minimum absolute atomic E-state index is 1.19. The highest BCUT2D eigenvalue weighted by atomic mass is 79.9. The van der Waals surface area contributed by atoms with E-state index in [2.05, 4.69) is 59.3 Å². The van der Waals surface area contributed by atoms with E-state index in [-0.39, 0.29) is 0 Å². The molecule has 0 atom stereocenters. The van der Waals surface area contributed by atoms with Crippen LogP contribution in [0.4, 0.5) is 0 Å². The average Bonchev–Trinajstić information content (AvgIpc) is 2.53. The Bertz CT molecular complexity index is 395. The van der Waals surface area contributed by atoms with Gasteiger partial charge in [-0.2, -0.15) is 0 Å². The molecule has 0 bridgehead atoms. The van der Waals surface area contributed by atoms with Crippen LogP contribution in [-0.2, 0) is 0 Å². The average molecular weight is 365 g/mol. The molecule has 1 aromatic carbocycles. The third-order valence-electron chi connectivity index (χ3n) is 4.18. The summed E-state index contributed by atoms with van der Waals surface area (Å²) < 4.78 is 1.19. The highest BCUT2D eigenvalue weighted by Gasteiger charge is 1.94. The SMILES string of the molecule is CCCCCCCCCCCCCC=Cc1ccccc1Br. The van der Waals surface area contributed by atoms with Crippen LogP contribution in [0.2, 0.25) is 0 Å². The van der Waals surface area contributed by atoms with Gasteiger partial charge in [0.1, 0.15) is 0 Å². The predicted molar refractivity (Wildman–Crippen MR) is 104 cm³/mol. The smallest absolute Gasteiger partial charge is 0.0247 e. The van der Waals surface area contributed by atoms with E-state index in [0.717, 1.165) is 0 Å². The first-order chi connectivity index (χ1) is 10.8. The molecule has 0 saturated carbocycles. The summed E-state index contributed by atoms with van der Waals surface area (Å²) in [4.78, 5) is 0. The summed E-state index contributed by atoms with van der Waals surface area (Å²) in [7, 11) is 0. The summed E-state index contributed by atoms with van der Waals surface area (Å²) in [6.07, 6.45) is 21.3. The van der Waals surface area contributed by atoms with Gasteiger partial charge in [0.25, 0.3) is 0 Å². The zero-order valence-corrected chi connectivity index (χ0v) is 15.9. The quantitative estimate of drug-likeness (QED) is 0.309. The maximum absolute atomic E-state index is 3.58. The number of halogens is 1. The van der Waals surface area contributed by atoms with Crippen LogP contribution in [0.1, 0.15) is 89.5 Å². The minimum atomic E-state index is 1.19. The van der Waals surface area contributed by atoms with Gasteiger partial charge < -0.3 is 0 Å². The van der Waals surface area contributed by atoms with E-state index in [1.807, 2.05) is 0 Å². The molecule has 0 aliphatic carbocycles. The van der Waals surface area contributed by atoms with Gasteiger partial charge in [-0.15, -0.1) is 0 Å². The van der Waals surface area contributed by atoms with E-state index in [1.54, 1.807) is 0 Å². The maximum Gasteiger partial charge on any atom is 0.0247 e. The zero-order chi connectivity index (χ0) is 15.9. The Labute approximate surface area is 146 Å². The fraction of sp³-hybridized carbons (Fsp3) is 0.619. The molecule has 0 fully saturated rings. The van der Waals surface area contributed by atoms with E-state index in [4.69, 9.17) is 0 Å². The monoisotopic (exact) mass is 364 g/mol. The van der Waals surface area contributed by atoms with E-state index in [1.165, 1.54) is 87.1 Å². The molecule has 0 unspecified atom stereocenters. The molecule has 124 valence electrons. The highest BCUT2D eigenvalue weighted by Crippen LogP contribution is 2.18. The summed E-state index contributed by atoms with van der Waals surface area (Å²) in [5.41, 5.74) is 1.28. The van der Waals surface area contributed by atoms with Crippen LogP contribution in [0.15, 0.2) is 34.8 Å². The predicted octanol–water partition coefficient (Wildman–Crippen LogP) is 8.16. The standard InChI is InChI=1S/C21H33Br/c1-2-3-4-5-6-7-8-9-10-11-12-13-14-17-20-18-15-16-19-21(20)22/h14-19H,2-13H2,1H3. The van der Waals surface area contributed by atoms with Gasteiger partial charge in [-0.1, -0.05) is 117 Å². The lowest BCUT2D eigenvalue weighted by molar-refractivity contribution is 0.550. The van der Waals surface area contributed by atoms with E-state index < -0.39 is 0 Å². The zero-order valence-electron chi connectivity index (χ0n) is 14.3. The van der Waals surface area contributed by atoms with Gasteiger partial charge in [0, 0.05) is 4.47 Å². The second-order valence-corrected chi connectivity index (χ2v) is 7.10. The van der Waals surface area contributed by atoms with Gasteiger partial charge in [-0.3, -0.25) is 0 Å². The van der Waals surface area contributed by atoms with E-state index >= 15 is 0 Å². The van der Waals surface area contributed by atoms with Crippen molar-refractivity contribution in [3.05, 3.63) is 40.4 Å². The Morgan fingerprint density at radius 1 is 0.773 bits per heavy atom. The Kier molecular flexibility index (Phi) is 12.5. The lowest BCUT2D eigenvalue weighted by Crippen LogP contribution is -1.82. The number of hydrogen-bond donors (Lipinski definition) is 0. The van der Waals surface area contributed by atoms with E-state index in [0.29, 0.717) is 0 Å². The van der Waals surface area contributed by atoms with Gasteiger partial charge >= 0.3 is 0 Å². The van der Waals surface area contributed by atoms with Gasteiger partial charge in [0.05, 0.1) is 0 Å². The third kappa shape index (κ3) is 10.2. The highest BCUT2D eigenvalue weighted by molar-refractivity contribution is 9.10. The van der Waals surface area contributed by atoms with Gasteiger partial charge in [-0.05, 0) is 24.5 Å². The van der Waals surface area contributed by atoms with Gasteiger partial charge in [0.2, 0.25) is 0 Å². The van der Waals surface area contributed by atoms with Crippen molar-refractivity contribution < 1.29 is 0 Å². The van der Waals surface area contributed by atoms with Crippen LogP contribution in [0.5, 0.6) is 0 Å². The first-order valence-corrected chi connectivity index (χ1v) is 10.0. The van der Waals surface area contributed by atoms with Crippen molar-refractivity contribution in [2.45, 2.75) is 84.0 Å². The van der Waals surface area contributed by atoms with Crippen LogP contribution < -0.4 is 0 Å². The molecular formula is C21H33Br. The van der Waals surface area contributed by atoms with Crippen molar-refractivity contribution >= 4 is 22.0 Å². The largest absolute Gasteiger partial charge is 0.0839 e. The lowest BCUT2D eigenvalue weighted by Gasteiger charge is -2.02. The Morgan fingerprint density at radius 3 is 1.91 bits per heavy atom. The number of allylic oxidation sites excluding steroid dienone is 1. The molecule has 0 radical (unpaired) electrons.